The van der Waals surface area contributed by atoms with Gasteiger partial charge in [-0.3, -0.25) is 4.79 Å². The molecule has 1 amide bonds. The monoisotopic (exact) mass is 376 g/mol. The third-order valence-electron chi connectivity index (χ3n) is 3.93. The molecule has 0 saturated carbocycles. The summed E-state index contributed by atoms with van der Waals surface area (Å²) in [4.78, 5) is 11.9. The molecule has 0 radical (unpaired) electrons. The van der Waals surface area contributed by atoms with Gasteiger partial charge < -0.3 is 9.47 Å². The van der Waals surface area contributed by atoms with Crippen LogP contribution in [0.1, 0.15) is 11.1 Å². The van der Waals surface area contributed by atoms with Gasteiger partial charge in [-0.2, -0.15) is 9.67 Å². The Bertz CT molecular complexity index is 928. The molecule has 1 N–H and O–H groups in total. The van der Waals surface area contributed by atoms with Crippen molar-refractivity contribution < 1.29 is 18.8 Å². The van der Waals surface area contributed by atoms with Crippen molar-refractivity contribution in [3.8, 4) is 11.5 Å². The van der Waals surface area contributed by atoms with Crippen molar-refractivity contribution in [2.75, 3.05) is 7.11 Å². The first kappa shape index (κ1) is 19.1. The number of rotatable bonds is 8. The zero-order chi connectivity index (χ0) is 19.6. The predicted molar refractivity (Wildman–Crippen MR) is 106 cm³/mol. The molecule has 2 aromatic carbocycles. The zero-order valence-electron chi connectivity index (χ0n) is 15.6. The smallest absolute Gasteiger partial charge is 0.305 e. The van der Waals surface area contributed by atoms with Crippen LogP contribution in [0.25, 0.3) is 0 Å². The fourth-order valence-corrected chi connectivity index (χ4v) is 2.54. The van der Waals surface area contributed by atoms with E-state index in [0.29, 0.717) is 18.1 Å². The largest absolute Gasteiger partial charge is 0.493 e. The van der Waals surface area contributed by atoms with E-state index in [-0.39, 0.29) is 12.5 Å². The number of nitrogens with one attached hydrogen (secondary N) is 1. The Balaban J connectivity index is 1.60. The second-order valence-electron chi connectivity index (χ2n) is 6.03. The number of pyridine rings is 1. The maximum absolute atomic E-state index is 11.9. The molecule has 0 atom stereocenters. The second kappa shape index (κ2) is 9.87. The highest BCUT2D eigenvalue weighted by Gasteiger charge is 2.08. The number of methoxy groups -OCH3 is 1. The molecule has 0 aliphatic carbocycles. The highest BCUT2D eigenvalue weighted by atomic mass is 16.5. The zero-order valence-corrected chi connectivity index (χ0v) is 15.6. The van der Waals surface area contributed by atoms with Gasteiger partial charge in [-0.1, -0.05) is 36.4 Å². The average molecular weight is 376 g/mol. The summed E-state index contributed by atoms with van der Waals surface area (Å²) in [5.74, 6) is 1.04. The van der Waals surface area contributed by atoms with Crippen LogP contribution in [0.15, 0.2) is 84.2 Å². The number of hydrazone groups is 1. The van der Waals surface area contributed by atoms with Crippen LogP contribution >= 0.6 is 0 Å². The minimum Gasteiger partial charge on any atom is -0.493 e. The molecule has 1 heterocycles. The molecule has 3 aromatic rings. The number of carbonyl (C=O) groups is 1. The van der Waals surface area contributed by atoms with E-state index in [0.717, 1.165) is 11.1 Å². The number of hydrogen-bond donors (Lipinski definition) is 1. The lowest BCUT2D eigenvalue weighted by Gasteiger charge is -2.11. The van der Waals surface area contributed by atoms with Crippen LogP contribution in [0.3, 0.4) is 0 Å². The van der Waals surface area contributed by atoms with Gasteiger partial charge in [0.15, 0.2) is 23.9 Å². The topological polar surface area (TPSA) is 63.8 Å². The molecular weight excluding hydrogens is 354 g/mol. The molecule has 0 unspecified atom stereocenters. The molecule has 0 saturated heterocycles. The Morgan fingerprint density at radius 2 is 1.79 bits per heavy atom. The Kier molecular flexibility index (Phi) is 6.73. The molecule has 6 heteroatoms. The van der Waals surface area contributed by atoms with Gasteiger partial charge in [0.1, 0.15) is 6.61 Å². The maximum atomic E-state index is 11.9. The summed E-state index contributed by atoms with van der Waals surface area (Å²) in [6.45, 7) is 0.634. The summed E-state index contributed by atoms with van der Waals surface area (Å²) in [6.07, 6.45) is 5.22. The first-order chi connectivity index (χ1) is 13.7. The summed E-state index contributed by atoms with van der Waals surface area (Å²) in [5, 5.41) is 4.02. The minimum atomic E-state index is -0.207. The van der Waals surface area contributed by atoms with Crippen LogP contribution in [0.5, 0.6) is 11.5 Å². The lowest BCUT2D eigenvalue weighted by Crippen LogP contribution is -2.40. The van der Waals surface area contributed by atoms with E-state index in [1.165, 1.54) is 0 Å². The molecule has 28 heavy (non-hydrogen) atoms. The average Bonchev–Trinajstić information content (AvgIpc) is 2.74. The summed E-state index contributed by atoms with van der Waals surface area (Å²) in [6, 6.07) is 21.0. The SMILES string of the molecule is COc1ccc(C=NNC(=O)C[n+]2ccccc2)cc1OCc1ccccc1. The van der Waals surface area contributed by atoms with Gasteiger partial charge in [0.05, 0.1) is 13.3 Å². The van der Waals surface area contributed by atoms with Gasteiger partial charge in [0.2, 0.25) is 6.54 Å². The molecule has 1 aromatic heterocycles. The van der Waals surface area contributed by atoms with E-state index < -0.39 is 0 Å². The van der Waals surface area contributed by atoms with Crippen LogP contribution in [0.2, 0.25) is 0 Å². The minimum absolute atomic E-state index is 0.201. The number of aromatic nitrogens is 1. The summed E-state index contributed by atoms with van der Waals surface area (Å²) in [7, 11) is 1.60. The molecule has 0 bridgehead atoms. The van der Waals surface area contributed by atoms with Gasteiger partial charge in [0, 0.05) is 12.1 Å². The molecule has 0 aliphatic heterocycles. The van der Waals surface area contributed by atoms with Crippen LogP contribution in [-0.4, -0.2) is 19.2 Å². The highest BCUT2D eigenvalue weighted by Crippen LogP contribution is 2.28. The highest BCUT2D eigenvalue weighted by molar-refractivity contribution is 5.83. The third kappa shape index (κ3) is 5.67. The number of amides is 1. The van der Waals surface area contributed by atoms with Gasteiger partial charge in [-0.05, 0) is 29.3 Å². The molecule has 142 valence electrons. The van der Waals surface area contributed by atoms with E-state index in [1.54, 1.807) is 17.9 Å². The fraction of sp³-hybridized carbons (Fsp3) is 0.136. The third-order valence-corrected chi connectivity index (χ3v) is 3.93. The molecule has 0 aliphatic rings. The van der Waals surface area contributed by atoms with Crippen molar-refractivity contribution in [3.05, 3.63) is 90.3 Å². The van der Waals surface area contributed by atoms with Crippen molar-refractivity contribution >= 4 is 12.1 Å². The van der Waals surface area contributed by atoms with E-state index in [1.807, 2.05) is 79.1 Å². The van der Waals surface area contributed by atoms with Gasteiger partial charge in [0.25, 0.3) is 0 Å². The Morgan fingerprint density at radius 1 is 1.04 bits per heavy atom. The number of hydrogen-bond acceptors (Lipinski definition) is 4. The lowest BCUT2D eigenvalue weighted by molar-refractivity contribution is -0.684. The normalized spacial score (nSPS) is 10.6. The molecule has 3 rings (SSSR count). The fourth-order valence-electron chi connectivity index (χ4n) is 2.54. The van der Waals surface area contributed by atoms with Gasteiger partial charge in [-0.25, -0.2) is 5.43 Å². The van der Waals surface area contributed by atoms with E-state index in [9.17, 15) is 4.79 Å². The van der Waals surface area contributed by atoms with Crippen molar-refractivity contribution in [2.24, 2.45) is 5.10 Å². The van der Waals surface area contributed by atoms with Gasteiger partial charge >= 0.3 is 5.91 Å². The predicted octanol–water partition coefficient (Wildman–Crippen LogP) is 2.71. The lowest BCUT2D eigenvalue weighted by atomic mass is 10.2. The summed E-state index contributed by atoms with van der Waals surface area (Å²) in [5.41, 5.74) is 4.38. The quantitative estimate of drug-likeness (QED) is 0.374. The standard InChI is InChI=1S/C22H21N3O3/c1-27-20-11-10-19(14-21(20)28-17-18-8-4-2-5-9-18)15-23-24-22(26)16-25-12-6-3-7-13-25/h2-15H,16-17H2,1H3/p+1. The number of ether oxygens (including phenoxy) is 2. The number of nitrogens with zero attached hydrogens (tertiary/aromatic N) is 2. The molecule has 6 nitrogen and oxygen atoms in total. The van der Waals surface area contributed by atoms with E-state index in [4.69, 9.17) is 9.47 Å². The summed E-state index contributed by atoms with van der Waals surface area (Å²) >= 11 is 0. The second-order valence-corrected chi connectivity index (χ2v) is 6.03. The molecule has 0 fully saturated rings. The molecular formula is C22H22N3O3+. The van der Waals surface area contributed by atoms with Crippen LogP contribution < -0.4 is 19.5 Å². The van der Waals surface area contributed by atoms with Crippen LogP contribution in [0.4, 0.5) is 0 Å². The maximum Gasteiger partial charge on any atom is 0.305 e. The Morgan fingerprint density at radius 3 is 2.54 bits per heavy atom. The molecule has 0 spiro atoms. The van der Waals surface area contributed by atoms with Crippen molar-refractivity contribution in [1.29, 1.82) is 0 Å². The van der Waals surface area contributed by atoms with E-state index in [2.05, 4.69) is 10.5 Å². The first-order valence-corrected chi connectivity index (χ1v) is 8.85. The van der Waals surface area contributed by atoms with Crippen LogP contribution in [0, 0.1) is 0 Å². The number of carbonyl (C=O) groups excluding carboxylic acids is 1. The van der Waals surface area contributed by atoms with E-state index >= 15 is 0 Å². The van der Waals surface area contributed by atoms with Crippen molar-refractivity contribution in [1.82, 2.24) is 5.43 Å². The van der Waals surface area contributed by atoms with Gasteiger partial charge in [-0.15, -0.1) is 0 Å². The van der Waals surface area contributed by atoms with Crippen LogP contribution in [-0.2, 0) is 17.9 Å². The Hall–Kier alpha value is -3.67. The Labute approximate surface area is 164 Å². The van der Waals surface area contributed by atoms with Crippen molar-refractivity contribution in [3.63, 3.8) is 0 Å². The first-order valence-electron chi connectivity index (χ1n) is 8.85. The van der Waals surface area contributed by atoms with Crippen molar-refractivity contribution in [2.45, 2.75) is 13.2 Å². The number of benzene rings is 2. The summed E-state index contributed by atoms with van der Waals surface area (Å²) < 4.78 is 13.0.